The van der Waals surface area contributed by atoms with Crippen molar-refractivity contribution in [2.75, 3.05) is 0 Å². The van der Waals surface area contributed by atoms with Crippen molar-refractivity contribution in [1.82, 2.24) is 9.78 Å². The van der Waals surface area contributed by atoms with Gasteiger partial charge in [-0.05, 0) is 29.1 Å². The molecule has 21 heavy (non-hydrogen) atoms. The molecule has 1 aromatic carbocycles. The molecule has 3 rings (SSSR count). The Balaban J connectivity index is 1.97. The fraction of sp³-hybridized carbons (Fsp3) is 0.0667. The van der Waals surface area contributed by atoms with Gasteiger partial charge in [0.2, 0.25) is 0 Å². The second kappa shape index (κ2) is 5.83. The van der Waals surface area contributed by atoms with Crippen LogP contribution in [0, 0.1) is 0 Å². The predicted molar refractivity (Wildman–Crippen MR) is 85.7 cm³/mol. The van der Waals surface area contributed by atoms with E-state index in [2.05, 4.69) is 21.0 Å². The van der Waals surface area contributed by atoms with Gasteiger partial charge in [0.1, 0.15) is 11.3 Å². The Morgan fingerprint density at radius 3 is 2.90 bits per heavy atom. The van der Waals surface area contributed by atoms with Gasteiger partial charge < -0.3 is 5.11 Å². The summed E-state index contributed by atoms with van der Waals surface area (Å²) >= 11 is 4.95. The van der Waals surface area contributed by atoms with Gasteiger partial charge in [-0.15, -0.1) is 0 Å². The lowest BCUT2D eigenvalue weighted by molar-refractivity contribution is 0.0697. The number of halogens is 1. The minimum atomic E-state index is -0.961. The first kappa shape index (κ1) is 14.0. The van der Waals surface area contributed by atoms with Crippen LogP contribution in [-0.2, 0) is 6.54 Å². The van der Waals surface area contributed by atoms with Gasteiger partial charge in [-0.1, -0.05) is 28.1 Å². The summed E-state index contributed by atoms with van der Waals surface area (Å²) in [5.41, 5.74) is 2.63. The second-order valence-electron chi connectivity index (χ2n) is 4.54. The molecule has 6 heteroatoms. The number of rotatable bonds is 4. The zero-order chi connectivity index (χ0) is 14.8. The number of benzene rings is 1. The van der Waals surface area contributed by atoms with Crippen molar-refractivity contribution in [3.05, 3.63) is 62.9 Å². The molecule has 0 spiro atoms. The molecule has 0 amide bonds. The Morgan fingerprint density at radius 2 is 2.24 bits per heavy atom. The summed E-state index contributed by atoms with van der Waals surface area (Å²) in [6, 6.07) is 9.75. The van der Waals surface area contributed by atoms with Crippen LogP contribution in [0.25, 0.3) is 11.3 Å². The van der Waals surface area contributed by atoms with Crippen LogP contribution in [0.1, 0.15) is 15.9 Å². The molecule has 1 N–H and O–H groups in total. The Hall–Kier alpha value is -1.92. The highest BCUT2D eigenvalue weighted by Gasteiger charge is 2.17. The monoisotopic (exact) mass is 362 g/mol. The number of nitrogens with zero attached hydrogens (tertiary/aromatic N) is 2. The third kappa shape index (κ3) is 3.06. The van der Waals surface area contributed by atoms with Crippen LogP contribution in [0.5, 0.6) is 0 Å². The van der Waals surface area contributed by atoms with E-state index in [9.17, 15) is 9.90 Å². The molecule has 2 aromatic heterocycles. The highest BCUT2D eigenvalue weighted by Crippen LogP contribution is 2.25. The van der Waals surface area contributed by atoms with Crippen molar-refractivity contribution >= 4 is 33.2 Å². The van der Waals surface area contributed by atoms with Crippen LogP contribution in [0.15, 0.2) is 51.8 Å². The third-order valence-electron chi connectivity index (χ3n) is 3.02. The summed E-state index contributed by atoms with van der Waals surface area (Å²) in [5, 5.41) is 17.6. The number of carboxylic acid groups (broad SMARTS) is 1. The highest BCUT2D eigenvalue weighted by molar-refractivity contribution is 9.10. The Kier molecular flexibility index (Phi) is 3.90. The topological polar surface area (TPSA) is 55.1 Å². The van der Waals surface area contributed by atoms with E-state index in [1.807, 2.05) is 41.1 Å². The first-order chi connectivity index (χ1) is 10.1. The molecule has 0 aliphatic rings. The van der Waals surface area contributed by atoms with E-state index in [4.69, 9.17) is 0 Å². The van der Waals surface area contributed by atoms with Crippen molar-refractivity contribution in [3.63, 3.8) is 0 Å². The first-order valence-corrected chi connectivity index (χ1v) is 7.95. The van der Waals surface area contributed by atoms with Crippen molar-refractivity contribution in [2.45, 2.75) is 6.54 Å². The van der Waals surface area contributed by atoms with Crippen molar-refractivity contribution in [3.8, 4) is 11.3 Å². The van der Waals surface area contributed by atoms with E-state index in [1.54, 1.807) is 10.9 Å². The molecule has 0 fully saturated rings. The summed E-state index contributed by atoms with van der Waals surface area (Å²) in [6.07, 6.45) is 1.58. The van der Waals surface area contributed by atoms with E-state index < -0.39 is 5.97 Å². The number of hydrogen-bond acceptors (Lipinski definition) is 3. The Bertz CT molecular complexity index is 781. The molecule has 3 aromatic rings. The van der Waals surface area contributed by atoms with Crippen molar-refractivity contribution in [1.29, 1.82) is 0 Å². The average Bonchev–Trinajstić information content (AvgIpc) is 3.06. The van der Waals surface area contributed by atoms with Gasteiger partial charge in [0.25, 0.3) is 0 Å². The maximum absolute atomic E-state index is 11.4. The molecule has 0 saturated heterocycles. The SMILES string of the molecule is O=C(O)c1cn(Cc2cccc(Br)c2)nc1-c1ccsc1. The molecule has 0 saturated carbocycles. The highest BCUT2D eigenvalue weighted by atomic mass is 79.9. The van der Waals surface area contributed by atoms with Gasteiger partial charge in [0, 0.05) is 21.6 Å². The number of thiophene rings is 1. The lowest BCUT2D eigenvalue weighted by atomic mass is 10.1. The number of aromatic carboxylic acids is 1. The summed E-state index contributed by atoms with van der Waals surface area (Å²) in [6.45, 7) is 0.532. The van der Waals surface area contributed by atoms with Crippen molar-refractivity contribution < 1.29 is 9.90 Å². The van der Waals surface area contributed by atoms with E-state index in [1.165, 1.54) is 11.3 Å². The summed E-state index contributed by atoms with van der Waals surface area (Å²) in [4.78, 5) is 11.4. The summed E-state index contributed by atoms with van der Waals surface area (Å²) in [7, 11) is 0. The summed E-state index contributed by atoms with van der Waals surface area (Å²) in [5.74, 6) is -0.961. The molecule has 0 radical (unpaired) electrons. The van der Waals surface area contributed by atoms with Crippen LogP contribution in [0.3, 0.4) is 0 Å². The first-order valence-electron chi connectivity index (χ1n) is 6.21. The van der Waals surface area contributed by atoms with E-state index in [-0.39, 0.29) is 5.56 Å². The third-order valence-corrected chi connectivity index (χ3v) is 4.20. The second-order valence-corrected chi connectivity index (χ2v) is 6.23. The molecular formula is C15H11BrN2O2S. The fourth-order valence-electron chi connectivity index (χ4n) is 2.09. The number of aromatic nitrogens is 2. The molecule has 0 unspecified atom stereocenters. The molecule has 2 heterocycles. The standard InChI is InChI=1S/C15H11BrN2O2S/c16-12-3-1-2-10(6-12)7-18-8-13(15(19)20)14(17-18)11-4-5-21-9-11/h1-6,8-9H,7H2,(H,19,20). The lowest BCUT2D eigenvalue weighted by Crippen LogP contribution is -2.00. The number of carboxylic acids is 1. The molecule has 0 aliphatic heterocycles. The van der Waals surface area contributed by atoms with Gasteiger partial charge in [0.05, 0.1) is 6.54 Å². The smallest absolute Gasteiger partial charge is 0.339 e. The lowest BCUT2D eigenvalue weighted by Gasteiger charge is -2.02. The zero-order valence-electron chi connectivity index (χ0n) is 10.9. The molecule has 106 valence electrons. The Labute approximate surface area is 133 Å². The quantitative estimate of drug-likeness (QED) is 0.759. The van der Waals surface area contributed by atoms with Gasteiger partial charge in [-0.2, -0.15) is 16.4 Å². The number of hydrogen-bond donors (Lipinski definition) is 1. The van der Waals surface area contributed by atoms with Crippen LogP contribution in [0.4, 0.5) is 0 Å². The van der Waals surface area contributed by atoms with Gasteiger partial charge >= 0.3 is 5.97 Å². The largest absolute Gasteiger partial charge is 0.478 e. The summed E-state index contributed by atoms with van der Waals surface area (Å²) < 4.78 is 2.65. The minimum absolute atomic E-state index is 0.225. The van der Waals surface area contributed by atoms with E-state index in [0.29, 0.717) is 12.2 Å². The van der Waals surface area contributed by atoms with Crippen LogP contribution in [-0.4, -0.2) is 20.9 Å². The molecule has 0 bridgehead atoms. The maximum Gasteiger partial charge on any atom is 0.339 e. The normalized spacial score (nSPS) is 10.7. The zero-order valence-corrected chi connectivity index (χ0v) is 13.3. The minimum Gasteiger partial charge on any atom is -0.478 e. The van der Waals surface area contributed by atoms with Gasteiger partial charge in [-0.25, -0.2) is 4.79 Å². The van der Waals surface area contributed by atoms with Crippen LogP contribution < -0.4 is 0 Å². The molecule has 4 nitrogen and oxygen atoms in total. The van der Waals surface area contributed by atoms with Gasteiger partial charge in [-0.3, -0.25) is 4.68 Å². The average molecular weight is 363 g/mol. The Morgan fingerprint density at radius 1 is 1.38 bits per heavy atom. The van der Waals surface area contributed by atoms with Crippen LogP contribution >= 0.6 is 27.3 Å². The van der Waals surface area contributed by atoms with E-state index in [0.717, 1.165) is 15.6 Å². The van der Waals surface area contributed by atoms with Crippen LogP contribution in [0.2, 0.25) is 0 Å². The molecular weight excluding hydrogens is 352 g/mol. The maximum atomic E-state index is 11.4. The number of carbonyl (C=O) groups is 1. The molecule has 0 atom stereocenters. The van der Waals surface area contributed by atoms with Gasteiger partial charge in [0.15, 0.2) is 0 Å². The fourth-order valence-corrected chi connectivity index (χ4v) is 3.18. The predicted octanol–water partition coefficient (Wildman–Crippen LogP) is 4.12. The van der Waals surface area contributed by atoms with Crippen molar-refractivity contribution in [2.24, 2.45) is 0 Å². The van der Waals surface area contributed by atoms with E-state index >= 15 is 0 Å². The molecule has 0 aliphatic carbocycles.